The fourth-order valence-corrected chi connectivity index (χ4v) is 4.45. The Labute approximate surface area is 211 Å². The summed E-state index contributed by atoms with van der Waals surface area (Å²) in [5, 5.41) is 5.80. The van der Waals surface area contributed by atoms with E-state index in [-0.39, 0.29) is 23.6 Å². The number of nitrogens with zero attached hydrogens (tertiary/aromatic N) is 1. The van der Waals surface area contributed by atoms with Crippen LogP contribution in [0.2, 0.25) is 0 Å². The summed E-state index contributed by atoms with van der Waals surface area (Å²) in [6.45, 7) is 2.69. The number of nitrogens with two attached hydrogens (primary N) is 1. The van der Waals surface area contributed by atoms with Gasteiger partial charge in [-0.15, -0.1) is 0 Å². The largest absolute Gasteiger partial charge is 0.369 e. The zero-order valence-corrected chi connectivity index (χ0v) is 20.2. The second kappa shape index (κ2) is 12.1. The molecule has 4 rings (SSSR count). The van der Waals surface area contributed by atoms with Crippen molar-refractivity contribution in [3.8, 4) is 0 Å². The van der Waals surface area contributed by atoms with Gasteiger partial charge < -0.3 is 21.3 Å². The molecule has 0 saturated carbocycles. The molecule has 0 bridgehead atoms. The van der Waals surface area contributed by atoms with Gasteiger partial charge in [0.1, 0.15) is 6.04 Å². The fraction of sp³-hybridized carbons (Fsp3) is 0.276. The van der Waals surface area contributed by atoms with Crippen molar-refractivity contribution in [2.24, 2.45) is 11.7 Å². The quantitative estimate of drug-likeness (QED) is 0.432. The lowest BCUT2D eigenvalue weighted by molar-refractivity contribution is -0.123. The molecule has 1 aliphatic heterocycles. The van der Waals surface area contributed by atoms with Gasteiger partial charge in [0.15, 0.2) is 0 Å². The van der Waals surface area contributed by atoms with Crippen LogP contribution in [0.3, 0.4) is 0 Å². The minimum atomic E-state index is -0.832. The Bertz CT molecular complexity index is 1160. The topological polar surface area (TPSA) is 105 Å². The third kappa shape index (κ3) is 6.79. The number of hydrogen-bond acceptors (Lipinski definition) is 4. The Morgan fingerprint density at radius 1 is 0.861 bits per heavy atom. The van der Waals surface area contributed by atoms with Gasteiger partial charge in [-0.2, -0.15) is 0 Å². The van der Waals surface area contributed by atoms with Crippen molar-refractivity contribution in [2.75, 3.05) is 25.0 Å². The molecule has 0 aromatic heterocycles. The molecular formula is C29H32N4O3. The van der Waals surface area contributed by atoms with Crippen LogP contribution in [0.4, 0.5) is 5.69 Å². The van der Waals surface area contributed by atoms with Crippen LogP contribution in [0.25, 0.3) is 0 Å². The molecule has 1 aliphatic rings. The van der Waals surface area contributed by atoms with Gasteiger partial charge in [-0.25, -0.2) is 0 Å². The Morgan fingerprint density at radius 3 is 2.08 bits per heavy atom. The summed E-state index contributed by atoms with van der Waals surface area (Å²) in [4.78, 5) is 39.7. The highest BCUT2D eigenvalue weighted by molar-refractivity contribution is 6.01. The van der Waals surface area contributed by atoms with Gasteiger partial charge in [-0.3, -0.25) is 14.4 Å². The van der Waals surface area contributed by atoms with Crippen molar-refractivity contribution < 1.29 is 14.4 Å². The van der Waals surface area contributed by atoms with Gasteiger partial charge in [-0.1, -0.05) is 60.7 Å². The number of carbonyl (C=O) groups excluding carboxylic acids is 3. The summed E-state index contributed by atoms with van der Waals surface area (Å²) in [5.74, 6) is -0.812. The first-order chi connectivity index (χ1) is 17.5. The number of primary amides is 1. The Kier molecular flexibility index (Phi) is 8.47. The van der Waals surface area contributed by atoms with E-state index in [0.29, 0.717) is 16.8 Å². The van der Waals surface area contributed by atoms with Gasteiger partial charge in [0.2, 0.25) is 5.91 Å². The lowest BCUT2D eigenvalue weighted by Gasteiger charge is -2.30. The van der Waals surface area contributed by atoms with Gasteiger partial charge in [0.05, 0.1) is 0 Å². The molecule has 0 aliphatic carbocycles. The third-order valence-corrected chi connectivity index (χ3v) is 6.63. The number of carbonyl (C=O) groups is 3. The molecule has 4 N–H and O–H groups in total. The summed E-state index contributed by atoms with van der Waals surface area (Å²) in [6.07, 6.45) is 2.53. The van der Waals surface area contributed by atoms with Crippen molar-refractivity contribution >= 4 is 23.4 Å². The molecule has 3 aromatic carbocycles. The second-order valence-electron chi connectivity index (χ2n) is 9.14. The van der Waals surface area contributed by atoms with E-state index in [1.807, 2.05) is 60.7 Å². The number of amides is 3. The van der Waals surface area contributed by atoms with Crippen LogP contribution in [-0.4, -0.2) is 42.3 Å². The first-order valence-corrected chi connectivity index (χ1v) is 12.3. The number of hydrogen-bond donors (Lipinski definition) is 3. The van der Waals surface area contributed by atoms with Crippen molar-refractivity contribution in [3.63, 3.8) is 0 Å². The second-order valence-corrected chi connectivity index (χ2v) is 9.14. The molecule has 7 nitrogen and oxygen atoms in total. The normalized spacial score (nSPS) is 15.1. The number of nitrogens with one attached hydrogen (secondary N) is 2. The first kappa shape index (κ1) is 25.1. The minimum absolute atomic E-state index is 0.00123. The predicted molar refractivity (Wildman–Crippen MR) is 140 cm³/mol. The molecule has 7 heteroatoms. The van der Waals surface area contributed by atoms with E-state index in [9.17, 15) is 14.4 Å². The van der Waals surface area contributed by atoms with Crippen molar-refractivity contribution in [1.82, 2.24) is 10.2 Å². The molecule has 1 unspecified atom stereocenters. The van der Waals surface area contributed by atoms with Crippen LogP contribution < -0.4 is 16.4 Å². The predicted octanol–water partition coefficient (Wildman–Crippen LogP) is 3.54. The van der Waals surface area contributed by atoms with E-state index in [1.54, 1.807) is 24.3 Å². The maximum atomic E-state index is 13.2. The Morgan fingerprint density at radius 2 is 1.47 bits per heavy atom. The zero-order valence-electron chi connectivity index (χ0n) is 20.2. The van der Waals surface area contributed by atoms with Crippen molar-refractivity contribution in [3.05, 3.63) is 102 Å². The summed E-state index contributed by atoms with van der Waals surface area (Å²) in [7, 11) is 0. The number of rotatable bonds is 9. The molecule has 0 radical (unpaired) electrons. The summed E-state index contributed by atoms with van der Waals surface area (Å²) < 4.78 is 0. The van der Waals surface area contributed by atoms with Gasteiger partial charge in [-0.05, 0) is 67.7 Å². The number of anilines is 1. The molecule has 3 amide bonds. The van der Waals surface area contributed by atoms with Gasteiger partial charge in [0, 0.05) is 23.7 Å². The van der Waals surface area contributed by atoms with Crippen LogP contribution in [0, 0.1) is 5.92 Å². The van der Waals surface area contributed by atoms with Crippen LogP contribution >= 0.6 is 0 Å². The highest BCUT2D eigenvalue weighted by Gasteiger charge is 2.24. The van der Waals surface area contributed by atoms with Crippen LogP contribution in [-0.2, 0) is 16.0 Å². The third-order valence-electron chi connectivity index (χ3n) is 6.63. The minimum Gasteiger partial charge on any atom is -0.369 e. The van der Waals surface area contributed by atoms with Crippen molar-refractivity contribution in [1.29, 1.82) is 0 Å². The molecule has 3 aromatic rings. The molecule has 1 atom stereocenters. The van der Waals surface area contributed by atoms with E-state index in [4.69, 9.17) is 5.73 Å². The molecule has 0 spiro atoms. The lowest BCUT2D eigenvalue weighted by Crippen LogP contribution is -2.39. The average Bonchev–Trinajstić information content (AvgIpc) is 2.92. The zero-order chi connectivity index (χ0) is 25.3. The molecular weight excluding hydrogens is 452 g/mol. The Balaban J connectivity index is 1.35. The average molecular weight is 485 g/mol. The first-order valence-electron chi connectivity index (χ1n) is 12.3. The number of piperidine rings is 1. The number of likely N-dealkylation sites (tertiary alicyclic amines) is 1. The molecule has 186 valence electrons. The maximum Gasteiger partial charge on any atom is 0.252 e. The monoisotopic (exact) mass is 484 g/mol. The highest BCUT2D eigenvalue weighted by atomic mass is 16.2. The SMILES string of the molecule is NC(=O)C1CCN(CCc2ccc(NC(=O)C(NC(=O)c3ccccc3)c3ccccc3)cc2)CC1. The molecule has 1 heterocycles. The van der Waals surface area contributed by atoms with Gasteiger partial charge >= 0.3 is 0 Å². The van der Waals surface area contributed by atoms with Crippen LogP contribution in [0.5, 0.6) is 0 Å². The maximum absolute atomic E-state index is 13.2. The standard InChI is InChI=1S/C29H32N4O3/c30-27(34)23-16-19-33(20-17-23)18-15-21-11-13-25(14-12-21)31-29(36)26(22-7-3-1-4-8-22)32-28(35)24-9-5-2-6-10-24/h1-14,23,26H,15-20H2,(H2,30,34)(H,31,36)(H,32,35). The molecule has 1 saturated heterocycles. The van der Waals surface area contributed by atoms with Gasteiger partial charge in [0.25, 0.3) is 11.8 Å². The van der Waals surface area contributed by atoms with E-state index >= 15 is 0 Å². The summed E-state index contributed by atoms with van der Waals surface area (Å²) >= 11 is 0. The van der Waals surface area contributed by atoms with Crippen LogP contribution in [0.1, 0.15) is 40.4 Å². The molecule has 1 fully saturated rings. The van der Waals surface area contributed by atoms with E-state index in [2.05, 4.69) is 15.5 Å². The summed E-state index contributed by atoms with van der Waals surface area (Å²) in [5.41, 5.74) is 8.46. The van der Waals surface area contributed by atoms with E-state index in [1.165, 1.54) is 5.56 Å². The van der Waals surface area contributed by atoms with E-state index < -0.39 is 6.04 Å². The highest BCUT2D eigenvalue weighted by Crippen LogP contribution is 2.19. The fourth-order valence-electron chi connectivity index (χ4n) is 4.45. The number of benzene rings is 3. The Hall–Kier alpha value is -3.97. The summed E-state index contributed by atoms with van der Waals surface area (Å²) in [6, 6.07) is 25.0. The van der Waals surface area contributed by atoms with Crippen LogP contribution in [0.15, 0.2) is 84.9 Å². The molecule has 36 heavy (non-hydrogen) atoms. The van der Waals surface area contributed by atoms with Crippen molar-refractivity contribution in [2.45, 2.75) is 25.3 Å². The smallest absolute Gasteiger partial charge is 0.252 e. The lowest BCUT2D eigenvalue weighted by atomic mass is 9.96. The van der Waals surface area contributed by atoms with E-state index in [0.717, 1.165) is 38.9 Å².